The van der Waals surface area contributed by atoms with Crippen molar-refractivity contribution in [3.8, 4) is 0 Å². The summed E-state index contributed by atoms with van der Waals surface area (Å²) in [7, 11) is 0. The molecule has 1 aliphatic heterocycles. The lowest BCUT2D eigenvalue weighted by Gasteiger charge is -2.06. The average Bonchev–Trinajstić information content (AvgIpc) is 1.88. The monoisotopic (exact) mass is 137 g/mol. The zero-order chi connectivity index (χ0) is 7.56. The van der Waals surface area contributed by atoms with Gasteiger partial charge < -0.3 is 0 Å². The number of hydrogen-bond donors (Lipinski definition) is 0. The third kappa shape index (κ3) is 1.53. The molecule has 2 nitrogen and oxygen atoms in total. The number of dihydropyridines is 1. The fourth-order valence-corrected chi connectivity index (χ4v) is 0.829. The zero-order valence-electron chi connectivity index (χ0n) is 6.29. The second kappa shape index (κ2) is 2.78. The Hall–Kier alpha value is -0.920. The van der Waals surface area contributed by atoms with E-state index >= 15 is 0 Å². The van der Waals surface area contributed by atoms with E-state index in [9.17, 15) is 4.79 Å². The predicted molar refractivity (Wildman–Crippen MR) is 41.0 cm³/mol. The Morgan fingerprint density at radius 2 is 2.30 bits per heavy atom. The Kier molecular flexibility index (Phi) is 2.00. The van der Waals surface area contributed by atoms with E-state index < -0.39 is 0 Å². The van der Waals surface area contributed by atoms with E-state index in [2.05, 4.69) is 4.99 Å². The number of hydrogen-bond acceptors (Lipinski definition) is 1. The first-order valence-corrected chi connectivity index (χ1v) is 3.48. The van der Waals surface area contributed by atoms with Gasteiger partial charge in [0.15, 0.2) is 0 Å². The number of allylic oxidation sites excluding steroid dienone is 1. The molecule has 0 radical (unpaired) electrons. The Labute approximate surface area is 60.7 Å². The largest absolute Gasteiger partial charge is 0.272 e. The van der Waals surface area contributed by atoms with Gasteiger partial charge in [-0.2, -0.15) is 0 Å². The normalized spacial score (nSPS) is 17.9. The summed E-state index contributed by atoms with van der Waals surface area (Å²) in [6.45, 7) is 4.06. The van der Waals surface area contributed by atoms with Crippen molar-refractivity contribution >= 4 is 11.6 Å². The summed E-state index contributed by atoms with van der Waals surface area (Å²) >= 11 is 0. The molecule has 1 heterocycles. The summed E-state index contributed by atoms with van der Waals surface area (Å²) in [4.78, 5) is 14.6. The molecule has 1 aliphatic rings. The molecule has 0 aliphatic carbocycles. The lowest BCUT2D eigenvalue weighted by atomic mass is 10.1. The Morgan fingerprint density at radius 1 is 1.60 bits per heavy atom. The van der Waals surface area contributed by atoms with Crippen LogP contribution in [-0.4, -0.2) is 11.6 Å². The minimum absolute atomic E-state index is 0.0220. The highest BCUT2D eigenvalue weighted by Crippen LogP contribution is 2.05. The van der Waals surface area contributed by atoms with E-state index in [1.54, 1.807) is 0 Å². The van der Waals surface area contributed by atoms with Crippen molar-refractivity contribution in [1.82, 2.24) is 0 Å². The maximum absolute atomic E-state index is 10.7. The molecule has 0 saturated heterocycles. The maximum atomic E-state index is 10.7. The van der Waals surface area contributed by atoms with Crippen LogP contribution in [0.25, 0.3) is 0 Å². The van der Waals surface area contributed by atoms with Crippen LogP contribution in [0, 0.1) is 5.92 Å². The zero-order valence-corrected chi connectivity index (χ0v) is 6.29. The second-order valence-electron chi connectivity index (χ2n) is 2.69. The topological polar surface area (TPSA) is 29.4 Å². The van der Waals surface area contributed by atoms with Crippen LogP contribution in [0.4, 0.5) is 0 Å². The third-order valence-electron chi connectivity index (χ3n) is 1.43. The summed E-state index contributed by atoms with van der Waals surface area (Å²) in [5.41, 5.74) is 0.899. The predicted octanol–water partition coefficient (Wildman–Crippen LogP) is 1.57. The van der Waals surface area contributed by atoms with Crippen LogP contribution in [-0.2, 0) is 4.79 Å². The van der Waals surface area contributed by atoms with Crippen molar-refractivity contribution in [2.75, 3.05) is 0 Å². The van der Waals surface area contributed by atoms with Crippen LogP contribution in [0.3, 0.4) is 0 Å². The summed E-state index contributed by atoms with van der Waals surface area (Å²) in [6.07, 6.45) is 4.26. The first-order chi connectivity index (χ1) is 4.70. The first-order valence-electron chi connectivity index (χ1n) is 3.48. The molecule has 1 amide bonds. The van der Waals surface area contributed by atoms with Crippen LogP contribution in [0.2, 0.25) is 0 Å². The molecule has 0 aromatic rings. The van der Waals surface area contributed by atoms with E-state index in [0.29, 0.717) is 12.3 Å². The number of amides is 1. The minimum atomic E-state index is -0.0220. The molecule has 0 unspecified atom stereocenters. The molecular weight excluding hydrogens is 126 g/mol. The fourth-order valence-electron chi connectivity index (χ4n) is 0.829. The minimum Gasteiger partial charge on any atom is -0.272 e. The van der Waals surface area contributed by atoms with Gasteiger partial charge in [0.1, 0.15) is 0 Å². The van der Waals surface area contributed by atoms with Gasteiger partial charge in [-0.3, -0.25) is 4.79 Å². The summed E-state index contributed by atoms with van der Waals surface area (Å²) < 4.78 is 0. The molecule has 0 aromatic heterocycles. The first kappa shape index (κ1) is 7.19. The second-order valence-corrected chi connectivity index (χ2v) is 2.69. The molecule has 0 atom stereocenters. The van der Waals surface area contributed by atoms with E-state index in [1.807, 2.05) is 26.0 Å². The number of carbonyl (C=O) groups excluding carboxylic acids is 1. The molecule has 1 rings (SSSR count). The third-order valence-corrected chi connectivity index (χ3v) is 1.43. The number of aliphatic imine (C=N–C) groups is 1. The highest BCUT2D eigenvalue weighted by atomic mass is 16.1. The molecule has 0 bridgehead atoms. The van der Waals surface area contributed by atoms with Crippen molar-refractivity contribution in [3.05, 3.63) is 12.2 Å². The van der Waals surface area contributed by atoms with Crippen molar-refractivity contribution < 1.29 is 4.79 Å². The SMILES string of the molecule is CC(C)C1=NC(=O)CC=C1. The molecule has 0 fully saturated rings. The lowest BCUT2D eigenvalue weighted by Crippen LogP contribution is -2.10. The van der Waals surface area contributed by atoms with Gasteiger partial charge in [0.2, 0.25) is 5.91 Å². The highest BCUT2D eigenvalue weighted by molar-refractivity contribution is 6.06. The molecule has 10 heavy (non-hydrogen) atoms. The highest BCUT2D eigenvalue weighted by Gasteiger charge is 2.07. The molecule has 0 spiro atoms. The summed E-state index contributed by atoms with van der Waals surface area (Å²) in [6, 6.07) is 0. The van der Waals surface area contributed by atoms with Gasteiger partial charge in [-0.05, 0) is 12.0 Å². The molecule has 54 valence electrons. The Balaban J connectivity index is 2.76. The van der Waals surface area contributed by atoms with Gasteiger partial charge in [0, 0.05) is 12.1 Å². The van der Waals surface area contributed by atoms with Gasteiger partial charge in [-0.1, -0.05) is 19.9 Å². The summed E-state index contributed by atoms with van der Waals surface area (Å²) in [5, 5.41) is 0. The van der Waals surface area contributed by atoms with Crippen molar-refractivity contribution in [2.45, 2.75) is 20.3 Å². The Morgan fingerprint density at radius 3 is 2.70 bits per heavy atom. The van der Waals surface area contributed by atoms with Gasteiger partial charge >= 0.3 is 0 Å². The van der Waals surface area contributed by atoms with Crippen molar-refractivity contribution in [3.63, 3.8) is 0 Å². The smallest absolute Gasteiger partial charge is 0.249 e. The van der Waals surface area contributed by atoms with Crippen molar-refractivity contribution in [2.24, 2.45) is 10.9 Å². The van der Waals surface area contributed by atoms with Crippen LogP contribution in [0.5, 0.6) is 0 Å². The lowest BCUT2D eigenvalue weighted by molar-refractivity contribution is -0.117. The standard InChI is InChI=1S/C8H11NO/c1-6(2)7-4-3-5-8(10)9-7/h3-4,6H,5H2,1-2H3. The van der Waals surface area contributed by atoms with Crippen LogP contribution in [0.15, 0.2) is 17.1 Å². The van der Waals surface area contributed by atoms with E-state index in [-0.39, 0.29) is 5.91 Å². The van der Waals surface area contributed by atoms with Gasteiger partial charge in [0.05, 0.1) is 0 Å². The van der Waals surface area contributed by atoms with Gasteiger partial charge in [-0.25, -0.2) is 4.99 Å². The molecule has 0 N–H and O–H groups in total. The van der Waals surface area contributed by atoms with Crippen molar-refractivity contribution in [1.29, 1.82) is 0 Å². The molecular formula is C8H11NO. The molecule has 0 saturated carbocycles. The average molecular weight is 137 g/mol. The van der Waals surface area contributed by atoms with Gasteiger partial charge in [0.25, 0.3) is 0 Å². The fraction of sp³-hybridized carbons (Fsp3) is 0.500. The molecule has 0 aromatic carbocycles. The van der Waals surface area contributed by atoms with E-state index in [4.69, 9.17) is 0 Å². The maximum Gasteiger partial charge on any atom is 0.249 e. The number of carbonyl (C=O) groups is 1. The van der Waals surface area contributed by atoms with E-state index in [0.717, 1.165) is 5.71 Å². The number of nitrogens with zero attached hydrogens (tertiary/aromatic N) is 1. The van der Waals surface area contributed by atoms with Crippen LogP contribution in [0.1, 0.15) is 20.3 Å². The van der Waals surface area contributed by atoms with Crippen LogP contribution < -0.4 is 0 Å². The summed E-state index contributed by atoms with van der Waals surface area (Å²) in [5.74, 6) is 0.340. The van der Waals surface area contributed by atoms with Gasteiger partial charge in [-0.15, -0.1) is 0 Å². The number of rotatable bonds is 1. The van der Waals surface area contributed by atoms with E-state index in [1.165, 1.54) is 0 Å². The Bertz CT molecular complexity index is 201. The van der Waals surface area contributed by atoms with Crippen LogP contribution >= 0.6 is 0 Å². The molecule has 2 heteroatoms. The quantitative estimate of drug-likeness (QED) is 0.539.